The van der Waals surface area contributed by atoms with Crippen molar-refractivity contribution in [3.8, 4) is 0 Å². The minimum atomic E-state index is -0.0669. The van der Waals surface area contributed by atoms with Gasteiger partial charge in [-0.15, -0.1) is 0 Å². The van der Waals surface area contributed by atoms with Crippen molar-refractivity contribution in [3.05, 3.63) is 53.7 Å². The van der Waals surface area contributed by atoms with Crippen LogP contribution in [0.25, 0.3) is 10.9 Å². The Labute approximate surface area is 190 Å². The van der Waals surface area contributed by atoms with Crippen molar-refractivity contribution in [2.24, 2.45) is 5.92 Å². The molecule has 1 amide bonds. The zero-order chi connectivity index (χ0) is 22.6. The largest absolute Gasteiger partial charge is 0.347 e. The van der Waals surface area contributed by atoms with Crippen LogP contribution in [0.4, 0.5) is 0 Å². The first kappa shape index (κ1) is 21.3. The topological polar surface area (TPSA) is 66.0 Å². The number of imidazole rings is 1. The SMILES string of the molecule is CCC(NC(=O)[C@@H]1CC2c3cccc4c3c(cn4C(C)(C)C)C[C@H]2N(C)C1)c1ncc[nH]1. The number of amides is 1. The number of H-pyrrole nitrogens is 1. The molecular formula is C26H35N5O. The van der Waals surface area contributed by atoms with Gasteiger partial charge < -0.3 is 19.8 Å². The monoisotopic (exact) mass is 433 g/mol. The lowest BCUT2D eigenvalue weighted by Crippen LogP contribution is -2.51. The van der Waals surface area contributed by atoms with Crippen molar-refractivity contribution in [2.45, 2.75) is 70.5 Å². The highest BCUT2D eigenvalue weighted by molar-refractivity contribution is 5.89. The number of benzene rings is 1. The lowest BCUT2D eigenvalue weighted by molar-refractivity contribution is -0.128. The van der Waals surface area contributed by atoms with Crippen LogP contribution in [0, 0.1) is 5.92 Å². The lowest BCUT2D eigenvalue weighted by atomic mass is 9.72. The van der Waals surface area contributed by atoms with Gasteiger partial charge in [-0.25, -0.2) is 4.98 Å². The van der Waals surface area contributed by atoms with E-state index in [1.54, 1.807) is 6.20 Å². The number of hydrogen-bond donors (Lipinski definition) is 2. The summed E-state index contributed by atoms with van der Waals surface area (Å²) >= 11 is 0. The molecule has 2 aliphatic rings. The summed E-state index contributed by atoms with van der Waals surface area (Å²) in [6.45, 7) is 9.68. The molecule has 32 heavy (non-hydrogen) atoms. The first-order chi connectivity index (χ1) is 15.3. The number of carbonyl (C=O) groups excluding carboxylic acids is 1. The number of aromatic nitrogens is 3. The van der Waals surface area contributed by atoms with E-state index in [2.05, 4.69) is 83.9 Å². The second-order valence-corrected chi connectivity index (χ2v) is 10.6. The van der Waals surface area contributed by atoms with E-state index < -0.39 is 0 Å². The number of fused-ring (bicyclic) bond motifs is 2. The minimum absolute atomic E-state index is 0.0215. The van der Waals surface area contributed by atoms with Crippen molar-refractivity contribution in [3.63, 3.8) is 0 Å². The Balaban J connectivity index is 1.45. The molecule has 0 saturated carbocycles. The summed E-state index contributed by atoms with van der Waals surface area (Å²) in [7, 11) is 2.19. The van der Waals surface area contributed by atoms with E-state index in [0.29, 0.717) is 12.0 Å². The zero-order valence-corrected chi connectivity index (χ0v) is 19.9. The maximum Gasteiger partial charge on any atom is 0.225 e. The Kier molecular flexibility index (Phi) is 5.16. The fraction of sp³-hybridized carbons (Fsp3) is 0.538. The predicted molar refractivity (Wildman–Crippen MR) is 128 cm³/mol. The van der Waals surface area contributed by atoms with Crippen LogP contribution in [0.15, 0.2) is 36.8 Å². The van der Waals surface area contributed by atoms with Crippen molar-refractivity contribution in [2.75, 3.05) is 13.6 Å². The van der Waals surface area contributed by atoms with E-state index in [1.165, 1.54) is 22.0 Å². The molecule has 6 heteroatoms. The molecule has 3 aromatic rings. The van der Waals surface area contributed by atoms with Crippen molar-refractivity contribution < 1.29 is 4.79 Å². The number of rotatable bonds is 4. The highest BCUT2D eigenvalue weighted by Gasteiger charge is 2.42. The van der Waals surface area contributed by atoms with Gasteiger partial charge in [0.1, 0.15) is 5.82 Å². The number of likely N-dealkylation sites (N-methyl/N-ethyl adjacent to an activating group) is 1. The number of nitrogens with one attached hydrogen (secondary N) is 2. The van der Waals surface area contributed by atoms with Gasteiger partial charge in [-0.3, -0.25) is 4.79 Å². The van der Waals surface area contributed by atoms with E-state index in [-0.39, 0.29) is 23.4 Å². The molecule has 2 aromatic heterocycles. The quantitative estimate of drug-likeness (QED) is 0.643. The van der Waals surface area contributed by atoms with Crippen LogP contribution in [0.2, 0.25) is 0 Å². The maximum absolute atomic E-state index is 13.3. The van der Waals surface area contributed by atoms with Gasteiger partial charge in [-0.2, -0.15) is 0 Å². The van der Waals surface area contributed by atoms with Crippen molar-refractivity contribution in [1.82, 2.24) is 24.8 Å². The van der Waals surface area contributed by atoms with E-state index in [9.17, 15) is 4.79 Å². The maximum atomic E-state index is 13.3. The summed E-state index contributed by atoms with van der Waals surface area (Å²) in [6.07, 6.45) is 8.69. The lowest BCUT2D eigenvalue weighted by Gasteiger charge is -2.45. The second-order valence-electron chi connectivity index (χ2n) is 10.6. The molecule has 2 N–H and O–H groups in total. The van der Waals surface area contributed by atoms with Crippen LogP contribution in [0.5, 0.6) is 0 Å². The molecule has 1 aliphatic heterocycles. The Morgan fingerprint density at radius 2 is 2.16 bits per heavy atom. The third kappa shape index (κ3) is 3.45. The van der Waals surface area contributed by atoms with Crippen LogP contribution in [0.3, 0.4) is 0 Å². The Hall–Kier alpha value is -2.60. The summed E-state index contributed by atoms with van der Waals surface area (Å²) in [5.41, 5.74) is 4.23. The van der Waals surface area contributed by atoms with E-state index in [1.807, 2.05) is 6.20 Å². The van der Waals surface area contributed by atoms with Crippen LogP contribution >= 0.6 is 0 Å². The highest BCUT2D eigenvalue weighted by atomic mass is 16.2. The molecule has 170 valence electrons. The predicted octanol–water partition coefficient (Wildman–Crippen LogP) is 4.35. The summed E-state index contributed by atoms with van der Waals surface area (Å²) in [5.74, 6) is 1.33. The van der Waals surface area contributed by atoms with Crippen LogP contribution in [-0.2, 0) is 16.8 Å². The molecule has 4 atom stereocenters. The fourth-order valence-corrected chi connectivity index (χ4v) is 5.91. The molecule has 1 saturated heterocycles. The smallest absolute Gasteiger partial charge is 0.225 e. The van der Waals surface area contributed by atoms with E-state index >= 15 is 0 Å². The summed E-state index contributed by atoms with van der Waals surface area (Å²) < 4.78 is 2.43. The molecule has 5 rings (SSSR count). The molecule has 2 unspecified atom stereocenters. The normalized spacial score (nSPS) is 24.3. The fourth-order valence-electron chi connectivity index (χ4n) is 5.91. The molecule has 3 heterocycles. The van der Waals surface area contributed by atoms with Crippen molar-refractivity contribution >= 4 is 16.8 Å². The van der Waals surface area contributed by atoms with Gasteiger partial charge in [0.2, 0.25) is 5.91 Å². The van der Waals surface area contributed by atoms with Gasteiger partial charge in [0.25, 0.3) is 0 Å². The number of aromatic amines is 1. The number of hydrogen-bond acceptors (Lipinski definition) is 3. The number of nitrogens with zero attached hydrogens (tertiary/aromatic N) is 3. The van der Waals surface area contributed by atoms with Crippen LogP contribution < -0.4 is 5.32 Å². The highest BCUT2D eigenvalue weighted by Crippen LogP contribution is 2.45. The van der Waals surface area contributed by atoms with Gasteiger partial charge >= 0.3 is 0 Å². The Bertz CT molecular complexity index is 1120. The molecule has 1 fully saturated rings. The summed E-state index contributed by atoms with van der Waals surface area (Å²) in [5, 5.41) is 4.68. The molecule has 0 radical (unpaired) electrons. The van der Waals surface area contributed by atoms with Crippen LogP contribution in [-0.4, -0.2) is 45.0 Å². The van der Waals surface area contributed by atoms with Crippen LogP contribution in [0.1, 0.15) is 69.4 Å². The summed E-state index contributed by atoms with van der Waals surface area (Å²) in [6, 6.07) is 7.11. The third-order valence-corrected chi connectivity index (χ3v) is 7.51. The first-order valence-electron chi connectivity index (χ1n) is 11.9. The van der Waals surface area contributed by atoms with Gasteiger partial charge in [0, 0.05) is 53.5 Å². The van der Waals surface area contributed by atoms with Gasteiger partial charge in [0.05, 0.1) is 12.0 Å². The minimum Gasteiger partial charge on any atom is -0.347 e. The van der Waals surface area contributed by atoms with E-state index in [0.717, 1.165) is 31.6 Å². The third-order valence-electron chi connectivity index (χ3n) is 7.51. The number of likely N-dealkylation sites (tertiary alicyclic amines) is 1. The molecule has 1 aromatic carbocycles. The molecule has 0 spiro atoms. The zero-order valence-electron chi connectivity index (χ0n) is 19.9. The van der Waals surface area contributed by atoms with E-state index in [4.69, 9.17) is 0 Å². The van der Waals surface area contributed by atoms with Gasteiger partial charge in [0.15, 0.2) is 0 Å². The Morgan fingerprint density at radius 3 is 2.84 bits per heavy atom. The molecule has 0 bridgehead atoms. The molecule has 1 aliphatic carbocycles. The number of piperidine rings is 1. The first-order valence-corrected chi connectivity index (χ1v) is 11.9. The van der Waals surface area contributed by atoms with Gasteiger partial charge in [-0.05, 0) is 64.3 Å². The van der Waals surface area contributed by atoms with Crippen molar-refractivity contribution in [1.29, 1.82) is 0 Å². The number of carbonyl (C=O) groups is 1. The molecular weight excluding hydrogens is 398 g/mol. The Morgan fingerprint density at radius 1 is 1.34 bits per heavy atom. The second kappa shape index (κ2) is 7.77. The van der Waals surface area contributed by atoms with Gasteiger partial charge in [-0.1, -0.05) is 19.1 Å². The molecule has 6 nitrogen and oxygen atoms in total. The average molecular weight is 434 g/mol. The average Bonchev–Trinajstić information content (AvgIpc) is 3.41. The summed E-state index contributed by atoms with van der Waals surface area (Å²) in [4.78, 5) is 23.2. The standard InChI is InChI=1S/C26H35N5O/c1-6-20(24-27-10-11-28-24)29-25(32)17-12-19-18-8-7-9-21-23(18)16(13-22(19)30(5)14-17)15-31(21)26(2,3)4/h7-11,15,17,19-20,22H,6,12-14H2,1-5H3,(H,27,28)(H,29,32)/t17-,19?,20?,22-/m1/s1.